The Morgan fingerprint density at radius 1 is 1.63 bits per heavy atom. The van der Waals surface area contributed by atoms with Gasteiger partial charge in [0.15, 0.2) is 0 Å². The Kier molecular flexibility index (Phi) is 4.84. The third kappa shape index (κ3) is 3.11. The van der Waals surface area contributed by atoms with E-state index in [0.717, 1.165) is 4.47 Å². The summed E-state index contributed by atoms with van der Waals surface area (Å²) in [6.45, 7) is 0.435. The fourth-order valence-electron chi connectivity index (χ4n) is 2.26. The maximum absolute atomic E-state index is 12.4. The molecule has 0 radical (unpaired) electrons. The highest BCUT2D eigenvalue weighted by Crippen LogP contribution is 2.26. The van der Waals surface area contributed by atoms with E-state index in [1.165, 1.54) is 0 Å². The lowest BCUT2D eigenvalue weighted by molar-refractivity contribution is 0.0648. The number of ether oxygens (including phenoxy) is 1. The van der Waals surface area contributed by atoms with Crippen LogP contribution in [-0.4, -0.2) is 48.3 Å². The van der Waals surface area contributed by atoms with Gasteiger partial charge in [-0.1, -0.05) is 11.6 Å². The zero-order chi connectivity index (χ0) is 14.0. The largest absolute Gasteiger partial charge is 0.394 e. The Labute approximate surface area is 125 Å². The van der Waals surface area contributed by atoms with Crippen molar-refractivity contribution in [2.24, 2.45) is 0 Å². The standard InChI is InChI=1S/C13H15BrClNO3/c1-19-10-5-9(7-17)16(6-10)13(18)8-2-3-11(14)12(15)4-8/h2-4,9-10,17H,5-7H2,1H3/t9-,10+/m0/s1. The first-order valence-electron chi connectivity index (χ1n) is 5.96. The SMILES string of the molecule is CO[C@@H]1C[C@@H](CO)N(C(=O)c2ccc(Br)c(Cl)c2)C1. The molecule has 0 saturated carbocycles. The summed E-state index contributed by atoms with van der Waals surface area (Å²) in [4.78, 5) is 14.1. The lowest BCUT2D eigenvalue weighted by Crippen LogP contribution is -2.38. The molecule has 1 amide bonds. The second kappa shape index (κ2) is 6.22. The molecule has 1 aliphatic rings. The van der Waals surface area contributed by atoms with Gasteiger partial charge in [0.05, 0.1) is 23.8 Å². The van der Waals surface area contributed by atoms with Crippen LogP contribution in [0.2, 0.25) is 5.02 Å². The number of aliphatic hydroxyl groups is 1. The van der Waals surface area contributed by atoms with E-state index in [0.29, 0.717) is 23.6 Å². The molecule has 1 heterocycles. The summed E-state index contributed by atoms with van der Waals surface area (Å²) >= 11 is 9.29. The van der Waals surface area contributed by atoms with Gasteiger partial charge in [0.25, 0.3) is 5.91 Å². The predicted molar refractivity (Wildman–Crippen MR) is 76.5 cm³/mol. The molecule has 2 atom stereocenters. The summed E-state index contributed by atoms with van der Waals surface area (Å²) in [7, 11) is 1.61. The molecule has 1 aromatic carbocycles. The number of hydrogen-bond acceptors (Lipinski definition) is 3. The van der Waals surface area contributed by atoms with Crippen LogP contribution in [0.15, 0.2) is 22.7 Å². The van der Waals surface area contributed by atoms with Gasteiger partial charge in [-0.05, 0) is 40.5 Å². The molecule has 104 valence electrons. The maximum atomic E-state index is 12.4. The lowest BCUT2D eigenvalue weighted by atomic mass is 10.1. The molecule has 19 heavy (non-hydrogen) atoms. The smallest absolute Gasteiger partial charge is 0.254 e. The quantitative estimate of drug-likeness (QED) is 0.912. The van der Waals surface area contributed by atoms with E-state index in [2.05, 4.69) is 15.9 Å². The number of methoxy groups -OCH3 is 1. The normalized spacial score (nSPS) is 22.8. The minimum Gasteiger partial charge on any atom is -0.394 e. The molecule has 0 aliphatic carbocycles. The number of benzene rings is 1. The van der Waals surface area contributed by atoms with Gasteiger partial charge in [-0.15, -0.1) is 0 Å². The first-order chi connectivity index (χ1) is 9.06. The topological polar surface area (TPSA) is 49.8 Å². The Morgan fingerprint density at radius 3 is 2.95 bits per heavy atom. The molecule has 1 aromatic rings. The van der Waals surface area contributed by atoms with Crippen molar-refractivity contribution in [2.75, 3.05) is 20.3 Å². The van der Waals surface area contributed by atoms with Crippen molar-refractivity contribution in [1.29, 1.82) is 0 Å². The van der Waals surface area contributed by atoms with E-state index in [-0.39, 0.29) is 24.7 Å². The predicted octanol–water partition coefficient (Wildman–Crippen LogP) is 2.32. The molecule has 0 aromatic heterocycles. The Morgan fingerprint density at radius 2 is 2.37 bits per heavy atom. The Balaban J connectivity index is 2.20. The maximum Gasteiger partial charge on any atom is 0.254 e. The molecule has 6 heteroatoms. The van der Waals surface area contributed by atoms with Crippen LogP contribution in [0.3, 0.4) is 0 Å². The first kappa shape index (κ1) is 14.8. The van der Waals surface area contributed by atoms with Gasteiger partial charge in [0.2, 0.25) is 0 Å². The third-order valence-electron chi connectivity index (χ3n) is 3.35. The van der Waals surface area contributed by atoms with Crippen LogP contribution in [-0.2, 0) is 4.74 Å². The number of aliphatic hydroxyl groups excluding tert-OH is 1. The van der Waals surface area contributed by atoms with E-state index in [1.54, 1.807) is 30.2 Å². The van der Waals surface area contributed by atoms with Crippen LogP contribution in [0.25, 0.3) is 0 Å². The molecule has 2 rings (SSSR count). The number of likely N-dealkylation sites (tertiary alicyclic amines) is 1. The van der Waals surface area contributed by atoms with Crippen molar-refractivity contribution in [3.63, 3.8) is 0 Å². The fourth-order valence-corrected chi connectivity index (χ4v) is 2.69. The van der Waals surface area contributed by atoms with Crippen LogP contribution in [0.1, 0.15) is 16.8 Å². The molecule has 1 saturated heterocycles. The minimum absolute atomic E-state index is 0.0213. The van der Waals surface area contributed by atoms with E-state index in [1.807, 2.05) is 0 Å². The van der Waals surface area contributed by atoms with Crippen LogP contribution in [0, 0.1) is 0 Å². The summed E-state index contributed by atoms with van der Waals surface area (Å²) in [6, 6.07) is 4.89. The van der Waals surface area contributed by atoms with Crippen LogP contribution < -0.4 is 0 Å². The van der Waals surface area contributed by atoms with E-state index >= 15 is 0 Å². The number of amides is 1. The number of carbonyl (C=O) groups excluding carboxylic acids is 1. The van der Waals surface area contributed by atoms with Gasteiger partial charge >= 0.3 is 0 Å². The highest BCUT2D eigenvalue weighted by molar-refractivity contribution is 9.10. The Bertz CT molecular complexity index is 483. The lowest BCUT2D eigenvalue weighted by Gasteiger charge is -2.22. The van der Waals surface area contributed by atoms with Gasteiger partial charge in [-0.25, -0.2) is 0 Å². The molecule has 1 N–H and O–H groups in total. The van der Waals surface area contributed by atoms with Crippen molar-refractivity contribution >= 4 is 33.4 Å². The number of carbonyl (C=O) groups is 1. The zero-order valence-corrected chi connectivity index (χ0v) is 12.8. The van der Waals surface area contributed by atoms with E-state index in [9.17, 15) is 9.90 Å². The second-order valence-electron chi connectivity index (χ2n) is 4.52. The van der Waals surface area contributed by atoms with Crippen molar-refractivity contribution < 1.29 is 14.6 Å². The minimum atomic E-state index is -0.195. The van der Waals surface area contributed by atoms with Crippen molar-refractivity contribution in [2.45, 2.75) is 18.6 Å². The average molecular weight is 349 g/mol. The number of halogens is 2. The second-order valence-corrected chi connectivity index (χ2v) is 5.78. The molecule has 0 unspecified atom stereocenters. The number of rotatable bonds is 3. The summed E-state index contributed by atoms with van der Waals surface area (Å²) in [5, 5.41) is 9.86. The highest BCUT2D eigenvalue weighted by Gasteiger charge is 2.35. The summed E-state index contributed by atoms with van der Waals surface area (Å²) in [6.07, 6.45) is 0.634. The van der Waals surface area contributed by atoms with Crippen molar-refractivity contribution in [1.82, 2.24) is 4.90 Å². The molecule has 0 bridgehead atoms. The fraction of sp³-hybridized carbons (Fsp3) is 0.462. The summed E-state index contributed by atoms with van der Waals surface area (Å²) in [5.74, 6) is -0.131. The molecule has 1 fully saturated rings. The van der Waals surface area contributed by atoms with Gasteiger partial charge in [0, 0.05) is 23.7 Å². The summed E-state index contributed by atoms with van der Waals surface area (Å²) in [5.41, 5.74) is 0.517. The van der Waals surface area contributed by atoms with Gasteiger partial charge < -0.3 is 14.7 Å². The third-order valence-corrected chi connectivity index (χ3v) is 4.58. The van der Waals surface area contributed by atoms with Crippen molar-refractivity contribution in [3.05, 3.63) is 33.3 Å². The summed E-state index contributed by atoms with van der Waals surface area (Å²) < 4.78 is 6.01. The zero-order valence-electron chi connectivity index (χ0n) is 10.5. The van der Waals surface area contributed by atoms with Crippen molar-refractivity contribution in [3.8, 4) is 0 Å². The highest BCUT2D eigenvalue weighted by atomic mass is 79.9. The first-order valence-corrected chi connectivity index (χ1v) is 7.13. The number of nitrogens with zero attached hydrogens (tertiary/aromatic N) is 1. The monoisotopic (exact) mass is 347 g/mol. The molecule has 4 nitrogen and oxygen atoms in total. The molecular weight excluding hydrogens is 334 g/mol. The van der Waals surface area contributed by atoms with E-state index < -0.39 is 0 Å². The van der Waals surface area contributed by atoms with Gasteiger partial charge in [0.1, 0.15) is 0 Å². The van der Waals surface area contributed by atoms with Gasteiger partial charge in [-0.2, -0.15) is 0 Å². The van der Waals surface area contributed by atoms with Crippen LogP contribution in [0.5, 0.6) is 0 Å². The number of hydrogen-bond donors (Lipinski definition) is 1. The molecular formula is C13H15BrClNO3. The van der Waals surface area contributed by atoms with E-state index in [4.69, 9.17) is 16.3 Å². The van der Waals surface area contributed by atoms with Crippen LogP contribution >= 0.6 is 27.5 Å². The van der Waals surface area contributed by atoms with Gasteiger partial charge in [-0.3, -0.25) is 4.79 Å². The molecule has 0 spiro atoms. The molecule has 1 aliphatic heterocycles. The van der Waals surface area contributed by atoms with Crippen LogP contribution in [0.4, 0.5) is 0 Å². The average Bonchev–Trinajstić information content (AvgIpc) is 2.84. The Hall–Kier alpha value is -0.620.